The zero-order chi connectivity index (χ0) is 22.9. The number of nitrogens with zero attached hydrogens (tertiary/aromatic N) is 2. The Morgan fingerprint density at radius 2 is 1.81 bits per heavy atom. The van der Waals surface area contributed by atoms with Gasteiger partial charge in [0.15, 0.2) is 5.13 Å². The van der Waals surface area contributed by atoms with Crippen LogP contribution in [0.1, 0.15) is 25.1 Å². The minimum absolute atomic E-state index is 0.00947. The topological polar surface area (TPSA) is 78.0 Å². The molecular weight excluding hydrogens is 428 g/mol. The van der Waals surface area contributed by atoms with Gasteiger partial charge in [0.1, 0.15) is 18.1 Å². The number of para-hydroxylation sites is 3. The summed E-state index contributed by atoms with van der Waals surface area (Å²) >= 11 is 1.28. The Bertz CT molecular complexity index is 1110. The van der Waals surface area contributed by atoms with Crippen LogP contribution in [0, 0.1) is 0 Å². The monoisotopic (exact) mass is 452 g/mol. The molecule has 0 aliphatic rings. The van der Waals surface area contributed by atoms with Crippen LogP contribution in [0.5, 0.6) is 11.5 Å². The molecule has 0 N–H and O–H groups in total. The van der Waals surface area contributed by atoms with Gasteiger partial charge in [-0.3, -0.25) is 9.69 Å². The number of esters is 1. The average Bonchev–Trinajstić information content (AvgIpc) is 3.26. The number of hydrogen-bond donors (Lipinski definition) is 0. The van der Waals surface area contributed by atoms with Crippen molar-refractivity contribution in [1.82, 2.24) is 4.98 Å². The van der Waals surface area contributed by atoms with Gasteiger partial charge in [-0.25, -0.2) is 9.78 Å². The zero-order valence-corrected chi connectivity index (χ0v) is 18.9. The van der Waals surface area contributed by atoms with Crippen LogP contribution in [0.4, 0.5) is 10.8 Å². The molecule has 0 aliphatic heterocycles. The molecule has 0 saturated heterocycles. The Hall–Kier alpha value is -3.65. The molecule has 0 spiro atoms. The van der Waals surface area contributed by atoms with E-state index >= 15 is 0 Å². The summed E-state index contributed by atoms with van der Waals surface area (Å²) < 4.78 is 16.2. The van der Waals surface area contributed by atoms with Crippen LogP contribution < -0.4 is 14.4 Å². The van der Waals surface area contributed by atoms with E-state index in [2.05, 4.69) is 4.98 Å². The summed E-state index contributed by atoms with van der Waals surface area (Å²) in [6.07, 6.45) is 3.00. The lowest BCUT2D eigenvalue weighted by molar-refractivity contribution is -0.139. The number of carbonyl (C=O) groups excluding carboxylic acids is 2. The molecule has 0 bridgehead atoms. The van der Waals surface area contributed by atoms with Gasteiger partial charge < -0.3 is 14.2 Å². The number of carbonyl (C=O) groups is 2. The molecule has 7 nitrogen and oxygen atoms in total. The first-order chi connectivity index (χ1) is 15.5. The first-order valence-corrected chi connectivity index (χ1v) is 10.9. The first kappa shape index (κ1) is 23.0. The van der Waals surface area contributed by atoms with Crippen molar-refractivity contribution in [3.05, 3.63) is 71.2 Å². The fourth-order valence-corrected chi connectivity index (χ4v) is 3.81. The molecule has 0 aliphatic carbocycles. The molecule has 1 amide bonds. The van der Waals surface area contributed by atoms with Crippen molar-refractivity contribution in [2.24, 2.45) is 0 Å². The van der Waals surface area contributed by atoms with Gasteiger partial charge in [-0.15, -0.1) is 11.3 Å². The van der Waals surface area contributed by atoms with Gasteiger partial charge in [-0.1, -0.05) is 30.3 Å². The van der Waals surface area contributed by atoms with Crippen LogP contribution in [-0.4, -0.2) is 30.6 Å². The molecule has 0 radical (unpaired) electrons. The van der Waals surface area contributed by atoms with Gasteiger partial charge in [0.2, 0.25) is 5.91 Å². The van der Waals surface area contributed by atoms with Crippen LogP contribution in [0.15, 0.2) is 60.0 Å². The molecule has 0 unspecified atom stereocenters. The lowest BCUT2D eigenvalue weighted by Crippen LogP contribution is -2.23. The predicted octanol–water partition coefficient (Wildman–Crippen LogP) is 4.99. The van der Waals surface area contributed by atoms with E-state index in [1.165, 1.54) is 29.2 Å². The van der Waals surface area contributed by atoms with E-state index in [1.54, 1.807) is 30.7 Å². The van der Waals surface area contributed by atoms with Crippen molar-refractivity contribution < 1.29 is 23.8 Å². The summed E-state index contributed by atoms with van der Waals surface area (Å²) in [5.74, 6) is 0.550. The van der Waals surface area contributed by atoms with Crippen molar-refractivity contribution in [1.29, 1.82) is 0 Å². The predicted molar refractivity (Wildman–Crippen MR) is 124 cm³/mol. The molecule has 1 aromatic heterocycles. The highest BCUT2D eigenvalue weighted by Gasteiger charge is 2.21. The average molecular weight is 453 g/mol. The summed E-state index contributed by atoms with van der Waals surface area (Å²) in [6, 6.07) is 14.6. The number of thiazole rings is 1. The van der Waals surface area contributed by atoms with Crippen LogP contribution >= 0.6 is 11.3 Å². The van der Waals surface area contributed by atoms with E-state index in [9.17, 15) is 9.59 Å². The molecule has 3 aromatic rings. The quantitative estimate of drug-likeness (QED) is 0.336. The van der Waals surface area contributed by atoms with Crippen molar-refractivity contribution in [2.45, 2.75) is 20.5 Å². The minimum Gasteiger partial charge on any atom is -0.495 e. The SMILES string of the molecule is CCOc1ccccc1/C=C/C(=O)OCc1csc(N(C(C)=O)c2ccccc2OC)n1. The number of rotatable bonds is 9. The normalized spacial score (nSPS) is 10.7. The Morgan fingerprint density at radius 1 is 1.09 bits per heavy atom. The Balaban J connectivity index is 1.67. The first-order valence-electron chi connectivity index (χ1n) is 9.98. The highest BCUT2D eigenvalue weighted by Crippen LogP contribution is 2.35. The van der Waals surface area contributed by atoms with Crippen LogP contribution in [-0.2, 0) is 20.9 Å². The molecule has 32 heavy (non-hydrogen) atoms. The summed E-state index contributed by atoms with van der Waals surface area (Å²) in [4.78, 5) is 30.4. The van der Waals surface area contributed by atoms with Gasteiger partial charge in [-0.2, -0.15) is 0 Å². The highest BCUT2D eigenvalue weighted by atomic mass is 32.1. The molecule has 0 fully saturated rings. The number of ether oxygens (including phenoxy) is 3. The lowest BCUT2D eigenvalue weighted by atomic mass is 10.2. The van der Waals surface area contributed by atoms with Crippen LogP contribution in [0.2, 0.25) is 0 Å². The van der Waals surface area contributed by atoms with Gasteiger partial charge in [0.05, 0.1) is 25.1 Å². The van der Waals surface area contributed by atoms with Gasteiger partial charge >= 0.3 is 5.97 Å². The number of anilines is 2. The van der Waals surface area contributed by atoms with E-state index in [4.69, 9.17) is 14.2 Å². The van der Waals surface area contributed by atoms with Crippen molar-refractivity contribution in [2.75, 3.05) is 18.6 Å². The third-order valence-electron chi connectivity index (χ3n) is 4.35. The largest absolute Gasteiger partial charge is 0.495 e. The fourth-order valence-electron chi connectivity index (χ4n) is 2.94. The van der Waals surface area contributed by atoms with E-state index in [-0.39, 0.29) is 12.5 Å². The second-order valence-electron chi connectivity index (χ2n) is 6.56. The standard InChI is InChI=1S/C24H24N2O5S/c1-4-30-21-11-7-5-9-18(21)13-14-23(28)31-15-19-16-32-24(25-19)26(17(2)27)20-10-6-8-12-22(20)29-3/h5-14,16H,4,15H2,1-3H3/b14-13+. The van der Waals surface area contributed by atoms with Crippen molar-refractivity contribution in [3.63, 3.8) is 0 Å². The van der Waals surface area contributed by atoms with E-state index < -0.39 is 5.97 Å². The van der Waals surface area contributed by atoms with E-state index in [0.29, 0.717) is 34.6 Å². The third kappa shape index (κ3) is 5.73. The lowest BCUT2D eigenvalue weighted by Gasteiger charge is -2.20. The summed E-state index contributed by atoms with van der Waals surface area (Å²) in [6.45, 7) is 3.88. The molecule has 166 valence electrons. The molecule has 0 atom stereocenters. The van der Waals surface area contributed by atoms with E-state index in [0.717, 1.165) is 5.56 Å². The fraction of sp³-hybridized carbons (Fsp3) is 0.208. The van der Waals surface area contributed by atoms with Crippen LogP contribution in [0.3, 0.4) is 0 Å². The Labute approximate surface area is 190 Å². The number of amides is 1. The Morgan fingerprint density at radius 3 is 2.53 bits per heavy atom. The molecular formula is C24H24N2O5S. The second-order valence-corrected chi connectivity index (χ2v) is 7.40. The van der Waals surface area contributed by atoms with Crippen LogP contribution in [0.25, 0.3) is 6.08 Å². The highest BCUT2D eigenvalue weighted by molar-refractivity contribution is 7.14. The molecule has 3 rings (SSSR count). The smallest absolute Gasteiger partial charge is 0.331 e. The van der Waals surface area contributed by atoms with Gasteiger partial charge in [0.25, 0.3) is 0 Å². The van der Waals surface area contributed by atoms with Crippen molar-refractivity contribution >= 4 is 40.1 Å². The van der Waals surface area contributed by atoms with E-state index in [1.807, 2.05) is 43.3 Å². The summed E-state index contributed by atoms with van der Waals surface area (Å²) in [5.41, 5.74) is 1.93. The van der Waals surface area contributed by atoms with Gasteiger partial charge in [-0.05, 0) is 31.2 Å². The second kappa shape index (κ2) is 11.1. The minimum atomic E-state index is -0.501. The Kier molecular flexibility index (Phi) is 7.99. The number of methoxy groups -OCH3 is 1. The van der Waals surface area contributed by atoms with Gasteiger partial charge in [0, 0.05) is 23.9 Å². The number of benzene rings is 2. The van der Waals surface area contributed by atoms with Crippen molar-refractivity contribution in [3.8, 4) is 11.5 Å². The number of hydrogen-bond acceptors (Lipinski definition) is 7. The summed E-state index contributed by atoms with van der Waals surface area (Å²) in [5, 5.41) is 2.22. The molecule has 2 aromatic carbocycles. The number of aromatic nitrogens is 1. The maximum absolute atomic E-state index is 12.3. The maximum Gasteiger partial charge on any atom is 0.331 e. The third-order valence-corrected chi connectivity index (χ3v) is 5.23. The molecule has 8 heteroatoms. The maximum atomic E-state index is 12.3. The summed E-state index contributed by atoms with van der Waals surface area (Å²) in [7, 11) is 1.55. The molecule has 0 saturated carbocycles. The molecule has 1 heterocycles. The zero-order valence-electron chi connectivity index (χ0n) is 18.1.